The zero-order chi connectivity index (χ0) is 12.7. The van der Waals surface area contributed by atoms with Crippen LogP contribution in [-0.2, 0) is 6.54 Å². The lowest BCUT2D eigenvalue weighted by atomic mass is 10.00. The molecular formula is C14H8BrF2N. The quantitative estimate of drug-likeness (QED) is 0.745. The molecule has 0 amide bonds. The molecule has 1 nitrogen and oxygen atoms in total. The van der Waals surface area contributed by atoms with Crippen molar-refractivity contribution >= 4 is 20.6 Å². The van der Waals surface area contributed by atoms with Gasteiger partial charge in [0.2, 0.25) is 0 Å². The van der Waals surface area contributed by atoms with E-state index in [0.717, 1.165) is 15.7 Å². The summed E-state index contributed by atoms with van der Waals surface area (Å²) in [5.41, 5.74) is 2.49. The summed E-state index contributed by atoms with van der Waals surface area (Å²) in [6, 6.07) is 9.22. The SMILES string of the molecule is Fc1cccc(F)c1-c1ccc2c(c1)C(Br)=NC2. The molecule has 0 saturated carbocycles. The minimum Gasteiger partial charge on any atom is -0.272 e. The average Bonchev–Trinajstić information content (AvgIpc) is 2.71. The number of halogens is 3. The molecule has 0 bridgehead atoms. The number of hydrogen-bond donors (Lipinski definition) is 0. The molecule has 2 aromatic rings. The van der Waals surface area contributed by atoms with E-state index in [1.165, 1.54) is 18.2 Å². The molecule has 1 aliphatic heterocycles. The number of nitrogens with zero attached hydrogens (tertiary/aromatic N) is 1. The molecule has 0 saturated heterocycles. The van der Waals surface area contributed by atoms with Gasteiger partial charge in [0.15, 0.2) is 0 Å². The summed E-state index contributed by atoms with van der Waals surface area (Å²) in [7, 11) is 0. The number of rotatable bonds is 1. The molecule has 1 heterocycles. The molecule has 0 aromatic heterocycles. The van der Waals surface area contributed by atoms with Crippen molar-refractivity contribution in [3.63, 3.8) is 0 Å². The Morgan fingerprint density at radius 3 is 2.50 bits per heavy atom. The molecular weight excluding hydrogens is 300 g/mol. The highest BCUT2D eigenvalue weighted by atomic mass is 79.9. The second-order valence-corrected chi connectivity index (χ2v) is 4.83. The molecule has 0 aliphatic carbocycles. The maximum atomic E-state index is 13.7. The van der Waals surface area contributed by atoms with Gasteiger partial charge in [-0.1, -0.05) is 18.2 Å². The summed E-state index contributed by atoms with van der Waals surface area (Å²) >= 11 is 3.34. The lowest BCUT2D eigenvalue weighted by Gasteiger charge is -2.07. The van der Waals surface area contributed by atoms with Crippen LogP contribution in [0.5, 0.6) is 0 Å². The second kappa shape index (κ2) is 4.28. The van der Waals surface area contributed by atoms with Gasteiger partial charge in [0.25, 0.3) is 0 Å². The molecule has 0 fully saturated rings. The Hall–Kier alpha value is -1.55. The fourth-order valence-electron chi connectivity index (χ4n) is 2.08. The zero-order valence-electron chi connectivity index (χ0n) is 9.25. The first kappa shape index (κ1) is 11.5. The van der Waals surface area contributed by atoms with Gasteiger partial charge >= 0.3 is 0 Å². The van der Waals surface area contributed by atoms with Crippen LogP contribution in [-0.4, -0.2) is 4.62 Å². The first-order valence-corrected chi connectivity index (χ1v) is 6.24. The van der Waals surface area contributed by atoms with Gasteiger partial charge in [-0.25, -0.2) is 8.78 Å². The molecule has 1 aliphatic rings. The van der Waals surface area contributed by atoms with Crippen LogP contribution in [0.25, 0.3) is 11.1 Å². The third-order valence-corrected chi connectivity index (χ3v) is 3.65. The van der Waals surface area contributed by atoms with Crippen LogP contribution in [0.2, 0.25) is 0 Å². The van der Waals surface area contributed by atoms with Gasteiger partial charge in [-0.2, -0.15) is 0 Å². The van der Waals surface area contributed by atoms with Crippen molar-refractivity contribution in [1.29, 1.82) is 0 Å². The van der Waals surface area contributed by atoms with Gasteiger partial charge in [0.05, 0.1) is 12.1 Å². The Labute approximate surface area is 111 Å². The standard InChI is InChI=1S/C14H8BrF2N/c15-14-10-6-8(4-5-9(10)7-18-14)13-11(16)2-1-3-12(13)17/h1-6H,7H2. The van der Waals surface area contributed by atoms with Crippen molar-refractivity contribution in [2.24, 2.45) is 4.99 Å². The number of fused-ring (bicyclic) bond motifs is 1. The maximum absolute atomic E-state index is 13.7. The summed E-state index contributed by atoms with van der Waals surface area (Å²) in [4.78, 5) is 4.23. The van der Waals surface area contributed by atoms with E-state index in [9.17, 15) is 8.78 Å². The normalized spacial score (nSPS) is 13.4. The highest BCUT2D eigenvalue weighted by Gasteiger charge is 2.17. The van der Waals surface area contributed by atoms with Crippen LogP contribution in [0.4, 0.5) is 8.78 Å². The van der Waals surface area contributed by atoms with E-state index in [-0.39, 0.29) is 5.56 Å². The molecule has 0 radical (unpaired) electrons. The summed E-state index contributed by atoms with van der Waals surface area (Å²) in [5.74, 6) is -1.11. The van der Waals surface area contributed by atoms with Crippen molar-refractivity contribution in [1.82, 2.24) is 0 Å². The fraction of sp³-hybridized carbons (Fsp3) is 0.0714. The topological polar surface area (TPSA) is 12.4 Å². The Bertz CT molecular complexity index is 645. The predicted octanol–water partition coefficient (Wildman–Crippen LogP) is 4.29. The summed E-state index contributed by atoms with van der Waals surface area (Å²) < 4.78 is 28.1. The van der Waals surface area contributed by atoms with E-state index >= 15 is 0 Å². The Kier molecular flexibility index (Phi) is 2.74. The van der Waals surface area contributed by atoms with Gasteiger partial charge in [-0.15, -0.1) is 0 Å². The third-order valence-electron chi connectivity index (χ3n) is 2.97. The Morgan fingerprint density at radius 1 is 1.06 bits per heavy atom. The lowest BCUT2D eigenvalue weighted by Crippen LogP contribution is -1.94. The van der Waals surface area contributed by atoms with E-state index in [1.807, 2.05) is 6.07 Å². The van der Waals surface area contributed by atoms with E-state index in [0.29, 0.717) is 12.1 Å². The highest BCUT2D eigenvalue weighted by Crippen LogP contribution is 2.31. The molecule has 0 N–H and O–H groups in total. The van der Waals surface area contributed by atoms with Crippen molar-refractivity contribution in [3.05, 3.63) is 59.2 Å². The van der Waals surface area contributed by atoms with Crippen molar-refractivity contribution < 1.29 is 8.78 Å². The molecule has 4 heteroatoms. The maximum Gasteiger partial charge on any atom is 0.133 e. The smallest absolute Gasteiger partial charge is 0.133 e. The fourth-order valence-corrected chi connectivity index (χ4v) is 2.57. The first-order chi connectivity index (χ1) is 8.66. The van der Waals surface area contributed by atoms with Gasteiger partial charge < -0.3 is 0 Å². The van der Waals surface area contributed by atoms with E-state index in [1.54, 1.807) is 12.1 Å². The van der Waals surface area contributed by atoms with Crippen LogP contribution in [0, 0.1) is 11.6 Å². The van der Waals surface area contributed by atoms with Crippen LogP contribution < -0.4 is 0 Å². The minimum atomic E-state index is -0.555. The summed E-state index contributed by atoms with van der Waals surface area (Å²) in [6.45, 7) is 0.607. The average molecular weight is 308 g/mol. The zero-order valence-corrected chi connectivity index (χ0v) is 10.8. The number of aliphatic imine (C=N–C) groups is 1. The van der Waals surface area contributed by atoms with Crippen LogP contribution in [0.15, 0.2) is 41.4 Å². The summed E-state index contributed by atoms with van der Waals surface area (Å²) in [6.07, 6.45) is 0. The number of benzene rings is 2. The largest absolute Gasteiger partial charge is 0.272 e. The van der Waals surface area contributed by atoms with Gasteiger partial charge in [0.1, 0.15) is 16.3 Å². The van der Waals surface area contributed by atoms with Gasteiger partial charge in [-0.3, -0.25) is 4.99 Å². The minimum absolute atomic E-state index is 0.00694. The van der Waals surface area contributed by atoms with Crippen LogP contribution >= 0.6 is 15.9 Å². The number of hydrogen-bond acceptors (Lipinski definition) is 1. The second-order valence-electron chi connectivity index (χ2n) is 4.08. The molecule has 2 aromatic carbocycles. The van der Waals surface area contributed by atoms with Crippen molar-refractivity contribution in [2.75, 3.05) is 0 Å². The molecule has 90 valence electrons. The van der Waals surface area contributed by atoms with Gasteiger partial charge in [0, 0.05) is 5.56 Å². The molecule has 0 spiro atoms. The predicted molar refractivity (Wildman–Crippen MR) is 71.0 cm³/mol. The van der Waals surface area contributed by atoms with E-state index < -0.39 is 11.6 Å². The van der Waals surface area contributed by atoms with Crippen LogP contribution in [0.3, 0.4) is 0 Å². The van der Waals surface area contributed by atoms with Gasteiger partial charge in [-0.05, 0) is 45.3 Å². The monoisotopic (exact) mass is 307 g/mol. The first-order valence-electron chi connectivity index (χ1n) is 5.44. The third kappa shape index (κ3) is 1.77. The lowest BCUT2D eigenvalue weighted by molar-refractivity contribution is 0.589. The molecule has 0 atom stereocenters. The van der Waals surface area contributed by atoms with Crippen LogP contribution in [0.1, 0.15) is 11.1 Å². The molecule has 3 rings (SSSR count). The molecule has 0 unspecified atom stereocenters. The highest BCUT2D eigenvalue weighted by molar-refractivity contribution is 9.18. The summed E-state index contributed by atoms with van der Waals surface area (Å²) in [5, 5.41) is 0. The Balaban J connectivity index is 2.19. The molecule has 18 heavy (non-hydrogen) atoms. The van der Waals surface area contributed by atoms with Crippen molar-refractivity contribution in [3.8, 4) is 11.1 Å². The Morgan fingerprint density at radius 2 is 1.78 bits per heavy atom. The van der Waals surface area contributed by atoms with E-state index in [2.05, 4.69) is 20.9 Å². The van der Waals surface area contributed by atoms with Crippen molar-refractivity contribution in [2.45, 2.75) is 6.54 Å². The van der Waals surface area contributed by atoms with E-state index in [4.69, 9.17) is 0 Å².